The van der Waals surface area contributed by atoms with Crippen molar-refractivity contribution in [2.24, 2.45) is 0 Å². The van der Waals surface area contributed by atoms with Gasteiger partial charge in [-0.3, -0.25) is 4.98 Å². The summed E-state index contributed by atoms with van der Waals surface area (Å²) in [7, 11) is 1.48. The second kappa shape index (κ2) is 7.27. The summed E-state index contributed by atoms with van der Waals surface area (Å²) in [6.45, 7) is 1.60. The highest BCUT2D eigenvalue weighted by molar-refractivity contribution is 5.99. The van der Waals surface area contributed by atoms with Crippen LogP contribution in [0.1, 0.15) is 12.8 Å². The van der Waals surface area contributed by atoms with Crippen molar-refractivity contribution in [3.8, 4) is 23.0 Å². The maximum absolute atomic E-state index is 15.9. The first kappa shape index (κ1) is 19.2. The van der Waals surface area contributed by atoms with Gasteiger partial charge >= 0.3 is 6.01 Å². The van der Waals surface area contributed by atoms with Gasteiger partial charge in [0, 0.05) is 36.9 Å². The highest BCUT2D eigenvalue weighted by Gasteiger charge is 2.34. The predicted molar refractivity (Wildman–Crippen MR) is 121 cm³/mol. The summed E-state index contributed by atoms with van der Waals surface area (Å²) in [5.74, 6) is 0.138. The summed E-state index contributed by atoms with van der Waals surface area (Å²) in [5, 5.41) is 16.0. The second-order valence-corrected chi connectivity index (χ2v) is 8.47. The molecule has 32 heavy (non-hydrogen) atoms. The molecule has 2 bridgehead atoms. The number of methoxy groups -OCH3 is 1. The first-order chi connectivity index (χ1) is 15.6. The molecular weight excluding hydrogens is 409 g/mol. The van der Waals surface area contributed by atoms with Crippen molar-refractivity contribution in [2.45, 2.75) is 24.9 Å². The minimum atomic E-state index is -0.557. The molecule has 2 aliphatic heterocycles. The smallest absolute Gasteiger partial charge is 0.318 e. The van der Waals surface area contributed by atoms with E-state index in [1.165, 1.54) is 13.2 Å². The molecule has 6 rings (SSSR count). The Morgan fingerprint density at radius 2 is 1.88 bits per heavy atom. The summed E-state index contributed by atoms with van der Waals surface area (Å²) < 4.78 is 21.2. The summed E-state index contributed by atoms with van der Waals surface area (Å²) in [6, 6.07) is 11.6. The normalized spacial score (nSPS) is 20.2. The van der Waals surface area contributed by atoms with Gasteiger partial charge in [-0.1, -0.05) is 24.3 Å². The zero-order valence-corrected chi connectivity index (χ0v) is 17.5. The second-order valence-electron chi connectivity index (χ2n) is 8.47. The maximum Gasteiger partial charge on any atom is 0.318 e. The van der Waals surface area contributed by atoms with Crippen LogP contribution in [0.3, 0.4) is 0 Å². The minimum Gasteiger partial charge on any atom is -0.508 e. The SMILES string of the molecule is COc1nc(N2CC3CCC(C2)N3)c2cnc(-c3cc(O)cc4ccccc34)c(F)c2n1. The fraction of sp³-hybridized carbons (Fsp3) is 0.292. The molecule has 2 fully saturated rings. The van der Waals surface area contributed by atoms with Gasteiger partial charge in [-0.2, -0.15) is 9.97 Å². The van der Waals surface area contributed by atoms with Gasteiger partial charge in [0.15, 0.2) is 5.82 Å². The Bertz CT molecular complexity index is 1350. The number of anilines is 1. The van der Waals surface area contributed by atoms with E-state index in [1.807, 2.05) is 24.3 Å². The quantitative estimate of drug-likeness (QED) is 0.512. The molecule has 0 saturated carbocycles. The van der Waals surface area contributed by atoms with Gasteiger partial charge in [0.2, 0.25) is 0 Å². The monoisotopic (exact) mass is 431 g/mol. The average molecular weight is 431 g/mol. The highest BCUT2D eigenvalue weighted by Crippen LogP contribution is 2.37. The number of aromatic hydroxyl groups is 1. The standard InChI is InChI=1S/C24H22FN5O2/c1-32-24-28-22-19(23(29-24)30-11-14-6-7-15(12-30)27-14)10-26-21(20(22)25)18-9-16(31)8-13-4-2-3-5-17(13)18/h2-5,8-10,14-15,27,31H,6-7,11-12H2,1H3. The van der Waals surface area contributed by atoms with Crippen LogP contribution in [0.25, 0.3) is 32.9 Å². The van der Waals surface area contributed by atoms with Crippen LogP contribution in [0.15, 0.2) is 42.6 Å². The van der Waals surface area contributed by atoms with Gasteiger partial charge in [0.05, 0.1) is 12.5 Å². The predicted octanol–water partition coefficient (Wildman–Crippen LogP) is 3.64. The molecular formula is C24H22FN5O2. The molecule has 162 valence electrons. The van der Waals surface area contributed by atoms with Crippen LogP contribution in [0.4, 0.5) is 10.2 Å². The number of fused-ring (bicyclic) bond motifs is 4. The lowest BCUT2D eigenvalue weighted by atomic mass is 10.0. The van der Waals surface area contributed by atoms with Gasteiger partial charge in [0.1, 0.15) is 22.8 Å². The first-order valence-corrected chi connectivity index (χ1v) is 10.7. The number of benzene rings is 2. The fourth-order valence-corrected chi connectivity index (χ4v) is 5.00. The number of phenolic OH excluding ortho intramolecular Hbond substituents is 1. The molecule has 2 aromatic heterocycles. The number of halogens is 1. The van der Waals surface area contributed by atoms with E-state index < -0.39 is 5.82 Å². The molecule has 4 aromatic rings. The third-order valence-corrected chi connectivity index (χ3v) is 6.44. The van der Waals surface area contributed by atoms with E-state index in [0.717, 1.165) is 36.7 Å². The van der Waals surface area contributed by atoms with E-state index in [-0.39, 0.29) is 23.0 Å². The summed E-state index contributed by atoms with van der Waals surface area (Å²) >= 11 is 0. The minimum absolute atomic E-state index is 0.0530. The molecule has 8 heteroatoms. The molecule has 2 aliphatic rings. The van der Waals surface area contributed by atoms with Crippen molar-refractivity contribution >= 4 is 27.5 Å². The highest BCUT2D eigenvalue weighted by atomic mass is 19.1. The topological polar surface area (TPSA) is 83.4 Å². The third-order valence-electron chi connectivity index (χ3n) is 6.44. The average Bonchev–Trinajstić information content (AvgIpc) is 3.15. The molecule has 0 aliphatic carbocycles. The number of nitrogens with zero attached hydrogens (tertiary/aromatic N) is 4. The number of nitrogens with one attached hydrogen (secondary N) is 1. The van der Waals surface area contributed by atoms with E-state index in [4.69, 9.17) is 4.74 Å². The van der Waals surface area contributed by atoms with E-state index >= 15 is 4.39 Å². The van der Waals surface area contributed by atoms with Crippen LogP contribution < -0.4 is 15.0 Å². The molecule has 0 radical (unpaired) electrons. The van der Waals surface area contributed by atoms with Gasteiger partial charge < -0.3 is 20.1 Å². The molecule has 2 N–H and O–H groups in total. The Hall–Kier alpha value is -3.52. The van der Waals surface area contributed by atoms with Crippen molar-refractivity contribution < 1.29 is 14.2 Å². The molecule has 2 aromatic carbocycles. The molecule has 4 heterocycles. The van der Waals surface area contributed by atoms with Crippen LogP contribution in [0.5, 0.6) is 11.8 Å². The number of aromatic nitrogens is 3. The lowest BCUT2D eigenvalue weighted by Crippen LogP contribution is -2.51. The van der Waals surface area contributed by atoms with Crippen LogP contribution >= 0.6 is 0 Å². The number of hydrogen-bond donors (Lipinski definition) is 2. The number of pyridine rings is 1. The summed E-state index contributed by atoms with van der Waals surface area (Å²) in [5.41, 5.74) is 0.811. The largest absolute Gasteiger partial charge is 0.508 e. The number of hydrogen-bond acceptors (Lipinski definition) is 7. The molecule has 2 unspecified atom stereocenters. The molecule has 0 spiro atoms. The van der Waals surface area contributed by atoms with Crippen molar-refractivity contribution in [2.75, 3.05) is 25.1 Å². The number of piperazine rings is 1. The molecule has 2 atom stereocenters. The summed E-state index contributed by atoms with van der Waals surface area (Å²) in [6.07, 6.45) is 3.89. The Labute approximate surface area is 183 Å². The number of phenols is 1. The zero-order chi connectivity index (χ0) is 21.8. The van der Waals surface area contributed by atoms with Crippen LogP contribution in [0, 0.1) is 5.82 Å². The number of ether oxygens (including phenoxy) is 1. The van der Waals surface area contributed by atoms with Crippen molar-refractivity contribution in [1.82, 2.24) is 20.3 Å². The summed E-state index contributed by atoms with van der Waals surface area (Å²) in [4.78, 5) is 15.6. The van der Waals surface area contributed by atoms with E-state index in [2.05, 4.69) is 25.2 Å². The Balaban J connectivity index is 1.56. The van der Waals surface area contributed by atoms with Gasteiger partial charge in [-0.25, -0.2) is 4.39 Å². The molecule has 7 nitrogen and oxygen atoms in total. The lowest BCUT2D eigenvalue weighted by molar-refractivity contribution is 0.380. The Morgan fingerprint density at radius 1 is 1.09 bits per heavy atom. The first-order valence-electron chi connectivity index (χ1n) is 10.7. The van der Waals surface area contributed by atoms with Crippen molar-refractivity contribution in [1.29, 1.82) is 0 Å². The van der Waals surface area contributed by atoms with E-state index in [1.54, 1.807) is 12.3 Å². The number of rotatable bonds is 3. The third kappa shape index (κ3) is 3.02. The van der Waals surface area contributed by atoms with Crippen LogP contribution in [-0.2, 0) is 0 Å². The van der Waals surface area contributed by atoms with Gasteiger partial charge in [-0.05, 0) is 35.7 Å². The van der Waals surface area contributed by atoms with Gasteiger partial charge in [-0.15, -0.1) is 0 Å². The fourth-order valence-electron chi connectivity index (χ4n) is 5.00. The Morgan fingerprint density at radius 3 is 2.66 bits per heavy atom. The van der Waals surface area contributed by atoms with E-state index in [0.29, 0.717) is 28.9 Å². The van der Waals surface area contributed by atoms with Crippen molar-refractivity contribution in [3.05, 3.63) is 48.4 Å². The van der Waals surface area contributed by atoms with Crippen LogP contribution in [-0.4, -0.2) is 52.3 Å². The molecule has 0 amide bonds. The van der Waals surface area contributed by atoms with Crippen LogP contribution in [0.2, 0.25) is 0 Å². The Kier molecular flexibility index (Phi) is 4.36. The zero-order valence-electron chi connectivity index (χ0n) is 17.5. The maximum atomic E-state index is 15.9. The molecule has 2 saturated heterocycles. The van der Waals surface area contributed by atoms with Gasteiger partial charge in [0.25, 0.3) is 0 Å². The lowest BCUT2D eigenvalue weighted by Gasteiger charge is -2.34. The van der Waals surface area contributed by atoms with E-state index in [9.17, 15) is 5.11 Å². The van der Waals surface area contributed by atoms with Crippen molar-refractivity contribution in [3.63, 3.8) is 0 Å².